The van der Waals surface area contributed by atoms with Crippen molar-refractivity contribution < 1.29 is 17.4 Å². The van der Waals surface area contributed by atoms with Crippen molar-refractivity contribution in [2.75, 3.05) is 0 Å². The number of rotatable bonds is 2. The van der Waals surface area contributed by atoms with Gasteiger partial charge >= 0.3 is 6.18 Å². The van der Waals surface area contributed by atoms with Crippen LogP contribution in [0.25, 0.3) is 0 Å². The molecule has 1 unspecified atom stereocenters. The molecule has 0 saturated heterocycles. The van der Waals surface area contributed by atoms with Crippen LogP contribution in [0, 0.1) is 0 Å². The third-order valence-corrected chi connectivity index (χ3v) is 3.73. The summed E-state index contributed by atoms with van der Waals surface area (Å²) in [6.07, 6.45) is -4.67. The highest BCUT2D eigenvalue weighted by atomic mass is 35.5. The Morgan fingerprint density at radius 3 is 2.00 bits per heavy atom. The Labute approximate surface area is 117 Å². The monoisotopic (exact) mass is 311 g/mol. The number of benzene rings is 1. The van der Waals surface area contributed by atoms with Crippen molar-refractivity contribution in [2.24, 2.45) is 4.40 Å². The molecule has 0 radical (unpaired) electrons. The molecule has 0 aliphatic rings. The minimum atomic E-state index is -4.67. The second-order valence-electron chi connectivity index (χ2n) is 4.81. The molecule has 2 nitrogen and oxygen atoms in total. The SMILES string of the molecule is CC(C)(C)S(=O)N=C(c1ccc(Cl)cc1)C(F)(F)F. The predicted molar refractivity (Wildman–Crippen MR) is 71.9 cm³/mol. The standard InChI is InChI=1S/C12H13ClF3NOS/c1-11(2,3)19(18)17-10(12(14,15)16)8-4-6-9(13)7-5-8/h4-7H,1-3H3. The van der Waals surface area contributed by atoms with Crippen molar-refractivity contribution in [1.82, 2.24) is 0 Å². The molecule has 0 heterocycles. The highest BCUT2D eigenvalue weighted by Crippen LogP contribution is 2.25. The second-order valence-corrected chi connectivity index (χ2v) is 7.15. The van der Waals surface area contributed by atoms with Crippen LogP contribution in [0.5, 0.6) is 0 Å². The molecule has 0 aliphatic carbocycles. The van der Waals surface area contributed by atoms with Crippen molar-refractivity contribution in [1.29, 1.82) is 0 Å². The van der Waals surface area contributed by atoms with E-state index in [9.17, 15) is 17.4 Å². The van der Waals surface area contributed by atoms with Gasteiger partial charge in [-0.2, -0.15) is 17.6 Å². The van der Waals surface area contributed by atoms with Crippen LogP contribution in [0.15, 0.2) is 28.7 Å². The minimum absolute atomic E-state index is 0.158. The second kappa shape index (κ2) is 5.63. The van der Waals surface area contributed by atoms with E-state index < -0.39 is 27.6 Å². The van der Waals surface area contributed by atoms with E-state index in [-0.39, 0.29) is 5.56 Å². The molecule has 0 N–H and O–H groups in total. The van der Waals surface area contributed by atoms with Crippen molar-refractivity contribution in [3.63, 3.8) is 0 Å². The first-order valence-electron chi connectivity index (χ1n) is 5.35. The molecule has 0 aromatic heterocycles. The fourth-order valence-electron chi connectivity index (χ4n) is 1.10. The summed E-state index contributed by atoms with van der Waals surface area (Å²) in [5, 5.41) is 0.321. The molecule has 1 aromatic rings. The molecule has 0 spiro atoms. The van der Waals surface area contributed by atoms with Crippen LogP contribution < -0.4 is 0 Å². The zero-order valence-corrected chi connectivity index (χ0v) is 12.2. The van der Waals surface area contributed by atoms with Gasteiger partial charge in [0.05, 0.1) is 4.75 Å². The van der Waals surface area contributed by atoms with Crippen LogP contribution in [0.2, 0.25) is 5.02 Å². The summed E-state index contributed by atoms with van der Waals surface area (Å²) in [5.41, 5.74) is -1.31. The first kappa shape index (κ1) is 16.2. The maximum atomic E-state index is 13.0. The number of halogens is 4. The Morgan fingerprint density at radius 2 is 1.63 bits per heavy atom. The summed E-state index contributed by atoms with van der Waals surface area (Å²) in [5.74, 6) is 0. The normalized spacial score (nSPS) is 15.4. The van der Waals surface area contributed by atoms with E-state index in [4.69, 9.17) is 11.6 Å². The van der Waals surface area contributed by atoms with Crippen LogP contribution in [-0.2, 0) is 11.0 Å². The molecule has 1 aromatic carbocycles. The number of nitrogens with zero attached hydrogens (tertiary/aromatic N) is 1. The number of hydrogen-bond acceptors (Lipinski definition) is 1. The highest BCUT2D eigenvalue weighted by molar-refractivity contribution is 7.85. The lowest BCUT2D eigenvalue weighted by Gasteiger charge is -2.16. The summed E-state index contributed by atoms with van der Waals surface area (Å²) in [4.78, 5) is 0. The van der Waals surface area contributed by atoms with Gasteiger partial charge in [-0.3, -0.25) is 0 Å². The quantitative estimate of drug-likeness (QED) is 0.754. The molecule has 1 atom stereocenters. The first-order chi connectivity index (χ1) is 8.51. The molecular formula is C12H13ClF3NOS. The van der Waals surface area contributed by atoms with E-state index in [2.05, 4.69) is 4.40 Å². The molecule has 1 rings (SSSR count). The van der Waals surface area contributed by atoms with Gasteiger partial charge in [-0.25, -0.2) is 4.21 Å². The summed E-state index contributed by atoms with van der Waals surface area (Å²) >= 11 is 5.63. The Morgan fingerprint density at radius 1 is 1.16 bits per heavy atom. The van der Waals surface area contributed by atoms with Crippen molar-refractivity contribution in [3.05, 3.63) is 34.9 Å². The summed E-state index contributed by atoms with van der Waals surface area (Å²) < 4.78 is 53.1. The van der Waals surface area contributed by atoms with Gasteiger partial charge in [-0.05, 0) is 32.9 Å². The Kier molecular flexibility index (Phi) is 4.79. The molecule has 0 amide bonds. The molecule has 0 saturated carbocycles. The van der Waals surface area contributed by atoms with Crippen LogP contribution in [0.3, 0.4) is 0 Å². The van der Waals surface area contributed by atoms with Crippen LogP contribution >= 0.6 is 11.6 Å². The van der Waals surface area contributed by atoms with Gasteiger partial charge in [0, 0.05) is 10.6 Å². The Hall–Kier alpha value is -0.880. The van der Waals surface area contributed by atoms with Crippen LogP contribution in [0.4, 0.5) is 13.2 Å². The van der Waals surface area contributed by atoms with Gasteiger partial charge in [-0.1, -0.05) is 23.7 Å². The molecule has 19 heavy (non-hydrogen) atoms. The fourth-order valence-corrected chi connectivity index (χ4v) is 1.87. The van der Waals surface area contributed by atoms with Gasteiger partial charge in [0.15, 0.2) is 5.71 Å². The highest BCUT2D eigenvalue weighted by Gasteiger charge is 2.38. The summed E-state index contributed by atoms with van der Waals surface area (Å²) in [6, 6.07) is 5.07. The van der Waals surface area contributed by atoms with E-state index in [1.807, 2.05) is 0 Å². The summed E-state index contributed by atoms with van der Waals surface area (Å²) in [7, 11) is -1.98. The lowest BCUT2D eigenvalue weighted by molar-refractivity contribution is -0.0578. The predicted octanol–water partition coefficient (Wildman–Crippen LogP) is 4.15. The average molecular weight is 312 g/mol. The number of hydrogen-bond donors (Lipinski definition) is 0. The lowest BCUT2D eigenvalue weighted by Crippen LogP contribution is -2.28. The first-order valence-corrected chi connectivity index (χ1v) is 6.84. The molecule has 0 fully saturated rings. The maximum absolute atomic E-state index is 13.0. The third kappa shape index (κ3) is 4.62. The van der Waals surface area contributed by atoms with Crippen LogP contribution in [-0.4, -0.2) is 20.8 Å². The Bertz CT molecular complexity index is 503. The van der Waals surface area contributed by atoms with Gasteiger partial charge in [0.25, 0.3) is 0 Å². The van der Waals surface area contributed by atoms with Crippen molar-refractivity contribution in [3.8, 4) is 0 Å². The molecule has 0 bridgehead atoms. The van der Waals surface area contributed by atoms with E-state index in [0.717, 1.165) is 0 Å². The van der Waals surface area contributed by atoms with Gasteiger partial charge in [0.2, 0.25) is 0 Å². The lowest BCUT2D eigenvalue weighted by atomic mass is 10.1. The van der Waals surface area contributed by atoms with Gasteiger partial charge < -0.3 is 0 Å². The van der Waals surface area contributed by atoms with Crippen LogP contribution in [0.1, 0.15) is 26.3 Å². The summed E-state index contributed by atoms with van der Waals surface area (Å²) in [6.45, 7) is 4.67. The average Bonchev–Trinajstić information content (AvgIpc) is 2.24. The van der Waals surface area contributed by atoms with E-state index in [0.29, 0.717) is 5.02 Å². The largest absolute Gasteiger partial charge is 0.434 e. The third-order valence-electron chi connectivity index (χ3n) is 2.08. The zero-order chi connectivity index (χ0) is 14.8. The zero-order valence-electron chi connectivity index (χ0n) is 10.6. The molecule has 106 valence electrons. The molecular weight excluding hydrogens is 299 g/mol. The molecule has 7 heteroatoms. The van der Waals surface area contributed by atoms with E-state index >= 15 is 0 Å². The molecule has 0 aliphatic heterocycles. The smallest absolute Gasteiger partial charge is 0.234 e. The van der Waals surface area contributed by atoms with E-state index in [1.54, 1.807) is 20.8 Å². The maximum Gasteiger partial charge on any atom is 0.434 e. The minimum Gasteiger partial charge on any atom is -0.234 e. The fraction of sp³-hybridized carbons (Fsp3) is 0.417. The van der Waals surface area contributed by atoms with Gasteiger partial charge in [0.1, 0.15) is 11.0 Å². The number of alkyl halides is 3. The van der Waals surface area contributed by atoms with Gasteiger partial charge in [-0.15, -0.1) is 0 Å². The Balaban J connectivity index is 3.28. The van der Waals surface area contributed by atoms with Crippen molar-refractivity contribution >= 4 is 28.3 Å². The van der Waals surface area contributed by atoms with E-state index in [1.165, 1.54) is 24.3 Å². The topological polar surface area (TPSA) is 29.4 Å². The van der Waals surface area contributed by atoms with Crippen molar-refractivity contribution in [2.45, 2.75) is 31.7 Å².